The van der Waals surface area contributed by atoms with Gasteiger partial charge in [-0.3, -0.25) is 0 Å². The number of phenols is 3. The largest absolute Gasteiger partial charge is 0.508 e. The number of aliphatic hydroxyl groups excluding tert-OH is 7. The number of aromatic hydroxyl groups is 3. The summed E-state index contributed by atoms with van der Waals surface area (Å²) in [5, 5.41) is 101. The highest BCUT2D eigenvalue weighted by Crippen LogP contribution is 2.38. The molecule has 4 rings (SSSR count). The highest BCUT2D eigenvalue weighted by atomic mass is 16.7. The van der Waals surface area contributed by atoms with E-state index in [1.807, 2.05) is 0 Å². The summed E-state index contributed by atoms with van der Waals surface area (Å²) in [7, 11) is 0. The van der Waals surface area contributed by atoms with Crippen molar-refractivity contribution in [2.75, 3.05) is 13.2 Å². The predicted molar refractivity (Wildman–Crippen MR) is 134 cm³/mol. The number of benzene rings is 2. The van der Waals surface area contributed by atoms with Crippen LogP contribution >= 0.6 is 0 Å². The summed E-state index contributed by atoms with van der Waals surface area (Å²) >= 11 is 0. The van der Waals surface area contributed by atoms with Crippen LogP contribution in [0.4, 0.5) is 0 Å². The van der Waals surface area contributed by atoms with Gasteiger partial charge < -0.3 is 70.0 Å². The first-order valence-corrected chi connectivity index (χ1v) is 12.3. The van der Waals surface area contributed by atoms with Crippen LogP contribution in [0.25, 0.3) is 12.2 Å². The summed E-state index contributed by atoms with van der Waals surface area (Å²) < 4.78 is 21.9. The molecule has 0 aromatic heterocycles. The van der Waals surface area contributed by atoms with Crippen molar-refractivity contribution >= 4 is 12.2 Å². The quantitative estimate of drug-likeness (QED) is 0.155. The zero-order valence-corrected chi connectivity index (χ0v) is 20.9. The Kier molecular flexibility index (Phi) is 9.48. The second-order valence-electron chi connectivity index (χ2n) is 9.47. The Morgan fingerprint density at radius 3 is 1.93 bits per heavy atom. The molecule has 0 radical (unpaired) electrons. The fourth-order valence-corrected chi connectivity index (χ4v) is 4.31. The summed E-state index contributed by atoms with van der Waals surface area (Å²) in [4.78, 5) is 0. The maximum Gasteiger partial charge on any atom is 0.229 e. The number of hydrogen-bond acceptors (Lipinski definition) is 14. The molecule has 2 saturated heterocycles. The van der Waals surface area contributed by atoms with Gasteiger partial charge in [0.1, 0.15) is 60.3 Å². The topological polar surface area (TPSA) is 239 Å². The zero-order valence-electron chi connectivity index (χ0n) is 20.9. The van der Waals surface area contributed by atoms with Crippen LogP contribution in [-0.2, 0) is 14.2 Å². The van der Waals surface area contributed by atoms with E-state index in [2.05, 4.69) is 0 Å². The van der Waals surface area contributed by atoms with Crippen LogP contribution < -0.4 is 4.74 Å². The molecule has 0 spiro atoms. The maximum atomic E-state index is 10.5. The molecule has 2 aromatic rings. The van der Waals surface area contributed by atoms with Gasteiger partial charge in [-0.1, -0.05) is 24.3 Å². The van der Waals surface area contributed by atoms with Crippen molar-refractivity contribution in [1.29, 1.82) is 0 Å². The van der Waals surface area contributed by atoms with Crippen molar-refractivity contribution in [3.63, 3.8) is 0 Å². The third-order valence-electron chi connectivity index (χ3n) is 6.61. The first kappa shape index (κ1) is 30.0. The summed E-state index contributed by atoms with van der Waals surface area (Å²) in [6.45, 7) is -1.25. The minimum atomic E-state index is -1.81. The molecule has 2 aromatic carbocycles. The lowest BCUT2D eigenvalue weighted by Crippen LogP contribution is -2.62. The Bertz CT molecular complexity index is 1150. The standard InChI is InChI=1S/C26H32O14/c27-9-16-18(31)20(33)22(35)25(38-16)37-10-17-19(32)21(34)23(36)26(39-17)40-24-12(7-14(29)8-15(24)30)4-1-11-2-5-13(28)6-3-11/h1-8,16-23,25-36H,9-10H2/b4-1-/t16-,17-,18-,19-,20+,21+,22-,23-,25-,26+/m1/s1. The van der Waals surface area contributed by atoms with Gasteiger partial charge in [0.05, 0.1) is 13.2 Å². The third kappa shape index (κ3) is 6.47. The minimum Gasteiger partial charge on any atom is -0.508 e. The second kappa shape index (κ2) is 12.7. The maximum absolute atomic E-state index is 10.5. The molecule has 14 nitrogen and oxygen atoms in total. The highest BCUT2D eigenvalue weighted by molar-refractivity contribution is 5.75. The average Bonchev–Trinajstić information content (AvgIpc) is 2.93. The van der Waals surface area contributed by atoms with Gasteiger partial charge in [-0.2, -0.15) is 0 Å². The van der Waals surface area contributed by atoms with E-state index < -0.39 is 80.4 Å². The van der Waals surface area contributed by atoms with E-state index >= 15 is 0 Å². The van der Waals surface area contributed by atoms with Crippen molar-refractivity contribution in [2.24, 2.45) is 0 Å². The van der Waals surface area contributed by atoms with Crippen LogP contribution in [0.5, 0.6) is 23.0 Å². The van der Waals surface area contributed by atoms with Crippen molar-refractivity contribution < 1.29 is 70.0 Å². The van der Waals surface area contributed by atoms with Gasteiger partial charge in [-0.25, -0.2) is 0 Å². The number of phenolic OH excluding ortho intramolecular Hbond substituents is 3. The number of ether oxygens (including phenoxy) is 4. The minimum absolute atomic E-state index is 0.0606. The highest BCUT2D eigenvalue weighted by Gasteiger charge is 2.48. The van der Waals surface area contributed by atoms with Crippen molar-refractivity contribution in [3.05, 3.63) is 47.5 Å². The summed E-state index contributed by atoms with van der Waals surface area (Å²) in [5.74, 6) is -1.02. The lowest BCUT2D eigenvalue weighted by Gasteiger charge is -2.42. The lowest BCUT2D eigenvalue weighted by atomic mass is 9.98. The van der Waals surface area contributed by atoms with Crippen LogP contribution in [0.3, 0.4) is 0 Å². The van der Waals surface area contributed by atoms with Gasteiger partial charge in [0, 0.05) is 11.6 Å². The number of aliphatic hydroxyl groups is 7. The van der Waals surface area contributed by atoms with E-state index in [1.54, 1.807) is 18.2 Å². The molecule has 0 bridgehead atoms. The van der Waals surface area contributed by atoms with Crippen molar-refractivity contribution in [2.45, 2.75) is 61.4 Å². The Morgan fingerprint density at radius 2 is 1.27 bits per heavy atom. The van der Waals surface area contributed by atoms with Crippen LogP contribution in [0, 0.1) is 0 Å². The van der Waals surface area contributed by atoms with Gasteiger partial charge in [0.25, 0.3) is 0 Å². The first-order valence-electron chi connectivity index (χ1n) is 12.3. The molecule has 14 heteroatoms. The van der Waals surface area contributed by atoms with Crippen LogP contribution in [0.15, 0.2) is 36.4 Å². The molecule has 2 fully saturated rings. The summed E-state index contributed by atoms with van der Waals surface area (Å²) in [5.41, 5.74) is 0.806. The Morgan fingerprint density at radius 1 is 0.675 bits per heavy atom. The lowest BCUT2D eigenvalue weighted by molar-refractivity contribution is -0.323. The summed E-state index contributed by atoms with van der Waals surface area (Å²) in [6, 6.07) is 8.38. The molecule has 2 aliphatic rings. The average molecular weight is 569 g/mol. The van der Waals surface area contributed by atoms with Gasteiger partial charge in [0.2, 0.25) is 6.29 Å². The van der Waals surface area contributed by atoms with E-state index in [9.17, 15) is 51.1 Å². The molecule has 0 aliphatic carbocycles. The molecule has 0 unspecified atom stereocenters. The molecule has 40 heavy (non-hydrogen) atoms. The second-order valence-corrected chi connectivity index (χ2v) is 9.47. The Balaban J connectivity index is 1.50. The number of rotatable bonds is 8. The van der Waals surface area contributed by atoms with Gasteiger partial charge in [0.15, 0.2) is 17.8 Å². The third-order valence-corrected chi connectivity index (χ3v) is 6.61. The molecule has 220 valence electrons. The van der Waals surface area contributed by atoms with Gasteiger partial charge in [-0.05, 0) is 23.8 Å². The molecule has 0 amide bonds. The predicted octanol–water partition coefficient (Wildman–Crippen LogP) is -2.02. The van der Waals surface area contributed by atoms with E-state index in [0.29, 0.717) is 5.56 Å². The fourth-order valence-electron chi connectivity index (χ4n) is 4.31. The normalized spacial score (nSPS) is 34.7. The SMILES string of the molecule is OC[C@H]1O[C@@H](OC[C@H]2O[C@@H](Oc3c(O)cc(O)cc3/C=C\c3ccc(O)cc3)[C@H](O)[C@@H](O)[C@@H]2O)[C@H](O)[C@@H](O)[C@@H]1O. The zero-order chi connectivity index (χ0) is 29.1. The molecule has 10 N–H and O–H groups in total. The number of hydrogen-bond donors (Lipinski definition) is 10. The first-order chi connectivity index (χ1) is 19.0. The van der Waals surface area contributed by atoms with E-state index in [0.717, 1.165) is 6.07 Å². The molecule has 10 atom stereocenters. The van der Waals surface area contributed by atoms with Crippen LogP contribution in [0.2, 0.25) is 0 Å². The molecule has 0 saturated carbocycles. The fraction of sp³-hybridized carbons (Fsp3) is 0.462. The smallest absolute Gasteiger partial charge is 0.229 e. The van der Waals surface area contributed by atoms with Crippen LogP contribution in [-0.4, -0.2) is 126 Å². The van der Waals surface area contributed by atoms with Gasteiger partial charge in [-0.15, -0.1) is 0 Å². The molecular formula is C26H32O14. The molecular weight excluding hydrogens is 536 g/mol. The van der Waals surface area contributed by atoms with E-state index in [4.69, 9.17) is 18.9 Å². The summed E-state index contributed by atoms with van der Waals surface area (Å²) in [6.07, 6.45) is -13.1. The van der Waals surface area contributed by atoms with Gasteiger partial charge >= 0.3 is 0 Å². The molecule has 2 heterocycles. The molecule has 2 aliphatic heterocycles. The van der Waals surface area contributed by atoms with Crippen molar-refractivity contribution in [3.8, 4) is 23.0 Å². The van der Waals surface area contributed by atoms with E-state index in [-0.39, 0.29) is 22.8 Å². The van der Waals surface area contributed by atoms with E-state index in [1.165, 1.54) is 24.3 Å². The van der Waals surface area contributed by atoms with Crippen molar-refractivity contribution in [1.82, 2.24) is 0 Å². The van der Waals surface area contributed by atoms with Crippen LogP contribution in [0.1, 0.15) is 11.1 Å². The Labute approximate surface area is 227 Å². The monoisotopic (exact) mass is 568 g/mol. The Hall–Kier alpha value is -3.02.